The Labute approximate surface area is 126 Å². The molecule has 0 aliphatic carbocycles. The van der Waals surface area contributed by atoms with E-state index >= 15 is 0 Å². The summed E-state index contributed by atoms with van der Waals surface area (Å²) in [5.74, 6) is -0.963. The molecule has 4 nitrogen and oxygen atoms in total. The van der Waals surface area contributed by atoms with Gasteiger partial charge in [0.25, 0.3) is 0 Å². The largest absolute Gasteiger partial charge is 0.468 e. The highest BCUT2D eigenvalue weighted by molar-refractivity contribution is 5.79. The van der Waals surface area contributed by atoms with Gasteiger partial charge in [0.2, 0.25) is 0 Å². The highest BCUT2D eigenvalue weighted by Gasteiger charge is 2.52. The lowest BCUT2D eigenvalue weighted by atomic mass is 9.68. The van der Waals surface area contributed by atoms with Crippen molar-refractivity contribution < 1.29 is 19.5 Å². The molecule has 1 saturated heterocycles. The van der Waals surface area contributed by atoms with E-state index in [1.165, 1.54) is 12.0 Å². The first-order chi connectivity index (χ1) is 9.90. The van der Waals surface area contributed by atoms with Crippen LogP contribution in [0.4, 0.5) is 0 Å². The molecular weight excluding hydrogens is 266 g/mol. The van der Waals surface area contributed by atoms with Gasteiger partial charge in [-0.1, -0.05) is 37.3 Å². The van der Waals surface area contributed by atoms with Crippen LogP contribution in [-0.4, -0.2) is 43.4 Å². The normalized spacial score (nSPS) is 34.2. The third-order valence-corrected chi connectivity index (χ3v) is 5.03. The van der Waals surface area contributed by atoms with Gasteiger partial charge < -0.3 is 14.7 Å². The Balaban J connectivity index is 2.42. The number of ether oxygens (including phenoxy) is 1. The van der Waals surface area contributed by atoms with Crippen molar-refractivity contribution in [3.05, 3.63) is 35.9 Å². The number of aliphatic hydroxyl groups is 1. The van der Waals surface area contributed by atoms with Crippen LogP contribution in [0.5, 0.6) is 0 Å². The van der Waals surface area contributed by atoms with Crippen LogP contribution in [-0.2, 0) is 9.53 Å². The number of carbonyl (C=O) groups excluding carboxylic acids is 1. The van der Waals surface area contributed by atoms with Gasteiger partial charge in [-0.25, -0.2) is 0 Å². The molecule has 1 aromatic carbocycles. The number of hydrogen-bond donors (Lipinski definition) is 2. The topological polar surface area (TPSA) is 51.0 Å². The van der Waals surface area contributed by atoms with E-state index in [0.717, 1.165) is 12.1 Å². The summed E-state index contributed by atoms with van der Waals surface area (Å²) in [5.41, 5.74) is -0.238. The van der Waals surface area contributed by atoms with Crippen molar-refractivity contribution in [1.29, 1.82) is 0 Å². The number of nitrogens with one attached hydrogen (secondary N) is 1. The molecule has 0 aromatic heterocycles. The molecular formula is C17H26NO3+. The second-order valence-electron chi connectivity index (χ2n) is 6.41. The monoisotopic (exact) mass is 292 g/mol. The molecule has 1 aromatic rings. The van der Waals surface area contributed by atoms with Gasteiger partial charge in [0.1, 0.15) is 5.92 Å². The number of methoxy groups -OCH3 is 1. The third-order valence-electron chi connectivity index (χ3n) is 5.03. The summed E-state index contributed by atoms with van der Waals surface area (Å²) in [6.45, 7) is 4.98. The molecule has 0 radical (unpaired) electrons. The highest BCUT2D eigenvalue weighted by Crippen LogP contribution is 2.39. The van der Waals surface area contributed by atoms with Gasteiger partial charge >= 0.3 is 5.97 Å². The van der Waals surface area contributed by atoms with Crippen LogP contribution >= 0.6 is 0 Å². The molecule has 116 valence electrons. The SMILES string of the molecule is COC(=O)[C@H](c1ccccc1)[C@@]1(O)C[C@@H](C)[NH+](C)C[C@H]1C. The summed E-state index contributed by atoms with van der Waals surface area (Å²) in [5, 5.41) is 11.3. The number of piperidine rings is 1. The van der Waals surface area contributed by atoms with Gasteiger partial charge in [-0.3, -0.25) is 4.79 Å². The molecule has 5 atom stereocenters. The quantitative estimate of drug-likeness (QED) is 0.803. The molecule has 21 heavy (non-hydrogen) atoms. The Kier molecular flexibility index (Phi) is 4.69. The minimum Gasteiger partial charge on any atom is -0.468 e. The van der Waals surface area contributed by atoms with Crippen molar-refractivity contribution in [3.8, 4) is 0 Å². The maximum atomic E-state index is 12.4. The van der Waals surface area contributed by atoms with E-state index < -0.39 is 11.5 Å². The number of quaternary nitrogens is 1. The van der Waals surface area contributed by atoms with Crippen LogP contribution in [0.1, 0.15) is 31.7 Å². The summed E-state index contributed by atoms with van der Waals surface area (Å²) in [4.78, 5) is 13.8. The molecule has 0 spiro atoms. The van der Waals surface area contributed by atoms with Gasteiger partial charge in [-0.15, -0.1) is 0 Å². The van der Waals surface area contributed by atoms with Crippen LogP contribution < -0.4 is 4.90 Å². The molecule has 2 rings (SSSR count). The van der Waals surface area contributed by atoms with E-state index in [1.807, 2.05) is 37.3 Å². The zero-order valence-electron chi connectivity index (χ0n) is 13.3. The van der Waals surface area contributed by atoms with E-state index in [4.69, 9.17) is 4.74 Å². The Hall–Kier alpha value is -1.39. The smallest absolute Gasteiger partial charge is 0.316 e. The predicted octanol–water partition coefficient (Wildman–Crippen LogP) is 0.617. The van der Waals surface area contributed by atoms with Crippen LogP contribution in [0.25, 0.3) is 0 Å². The van der Waals surface area contributed by atoms with Crippen LogP contribution in [0.2, 0.25) is 0 Å². The van der Waals surface area contributed by atoms with Gasteiger partial charge in [-0.2, -0.15) is 0 Å². The van der Waals surface area contributed by atoms with Gasteiger partial charge in [0.15, 0.2) is 0 Å². The zero-order chi connectivity index (χ0) is 15.6. The molecule has 4 heteroatoms. The fourth-order valence-electron chi connectivity index (χ4n) is 3.52. The van der Waals surface area contributed by atoms with Crippen molar-refractivity contribution in [2.75, 3.05) is 20.7 Å². The second kappa shape index (κ2) is 6.16. The molecule has 1 unspecified atom stereocenters. The van der Waals surface area contributed by atoms with Crippen molar-refractivity contribution in [3.63, 3.8) is 0 Å². The van der Waals surface area contributed by atoms with Crippen LogP contribution in [0.15, 0.2) is 30.3 Å². The lowest BCUT2D eigenvalue weighted by Crippen LogP contribution is -3.15. The Morgan fingerprint density at radius 2 is 2.00 bits per heavy atom. The Morgan fingerprint density at radius 3 is 2.57 bits per heavy atom. The molecule has 1 heterocycles. The third kappa shape index (κ3) is 2.97. The summed E-state index contributed by atoms with van der Waals surface area (Å²) >= 11 is 0. The first-order valence-corrected chi connectivity index (χ1v) is 7.57. The van der Waals surface area contributed by atoms with Crippen molar-refractivity contribution >= 4 is 5.97 Å². The van der Waals surface area contributed by atoms with E-state index in [1.54, 1.807) is 0 Å². The Morgan fingerprint density at radius 1 is 1.38 bits per heavy atom. The van der Waals surface area contributed by atoms with E-state index in [9.17, 15) is 9.90 Å². The number of carbonyl (C=O) groups is 1. The van der Waals surface area contributed by atoms with Gasteiger partial charge in [-0.05, 0) is 12.5 Å². The number of hydrogen-bond acceptors (Lipinski definition) is 3. The van der Waals surface area contributed by atoms with E-state index in [-0.39, 0.29) is 11.9 Å². The standard InChI is InChI=1S/C17H25NO3/c1-12-11-18(3)13(2)10-17(12,20)15(16(19)21-4)14-8-6-5-7-9-14/h5-9,12-13,15,20H,10-11H2,1-4H3/p+1/t12-,13-,15+,17-/m1/s1. The first-order valence-electron chi connectivity index (χ1n) is 7.57. The Bertz CT molecular complexity index is 490. The minimum atomic E-state index is -1.06. The molecule has 1 fully saturated rings. The van der Waals surface area contributed by atoms with Crippen LogP contribution in [0.3, 0.4) is 0 Å². The highest BCUT2D eigenvalue weighted by atomic mass is 16.5. The predicted molar refractivity (Wildman–Crippen MR) is 81.1 cm³/mol. The van der Waals surface area contributed by atoms with E-state index in [0.29, 0.717) is 12.5 Å². The molecule has 0 amide bonds. The molecule has 2 N–H and O–H groups in total. The lowest BCUT2D eigenvalue weighted by Gasteiger charge is -2.46. The number of rotatable bonds is 3. The second-order valence-corrected chi connectivity index (χ2v) is 6.41. The van der Waals surface area contributed by atoms with Crippen LogP contribution in [0, 0.1) is 5.92 Å². The molecule has 0 bridgehead atoms. The number of esters is 1. The lowest BCUT2D eigenvalue weighted by molar-refractivity contribution is -0.916. The first kappa shape index (κ1) is 16.0. The summed E-state index contributed by atoms with van der Waals surface area (Å²) in [6.07, 6.45) is 0.592. The summed E-state index contributed by atoms with van der Waals surface area (Å²) < 4.78 is 4.99. The van der Waals surface area contributed by atoms with Gasteiger partial charge in [0.05, 0.1) is 32.3 Å². The number of benzene rings is 1. The summed E-state index contributed by atoms with van der Waals surface area (Å²) in [7, 11) is 3.52. The maximum absolute atomic E-state index is 12.4. The molecule has 1 aliphatic rings. The van der Waals surface area contributed by atoms with Crippen molar-refractivity contribution in [1.82, 2.24) is 0 Å². The average molecular weight is 292 g/mol. The van der Waals surface area contributed by atoms with E-state index in [2.05, 4.69) is 14.0 Å². The fourth-order valence-corrected chi connectivity index (χ4v) is 3.52. The van der Waals surface area contributed by atoms with Gasteiger partial charge in [0, 0.05) is 12.3 Å². The van der Waals surface area contributed by atoms with Crippen molar-refractivity contribution in [2.45, 2.75) is 37.8 Å². The average Bonchev–Trinajstić information content (AvgIpc) is 2.46. The number of likely N-dealkylation sites (tertiary alicyclic amines) is 1. The minimum absolute atomic E-state index is 0.0259. The molecule has 1 aliphatic heterocycles. The zero-order valence-corrected chi connectivity index (χ0v) is 13.3. The van der Waals surface area contributed by atoms with Crippen molar-refractivity contribution in [2.24, 2.45) is 5.92 Å². The fraction of sp³-hybridized carbons (Fsp3) is 0.588. The molecule has 0 saturated carbocycles. The summed E-state index contributed by atoms with van der Waals surface area (Å²) in [6, 6.07) is 9.78. The maximum Gasteiger partial charge on any atom is 0.316 e.